The molecule has 0 saturated heterocycles. The Morgan fingerprint density at radius 3 is 2.55 bits per heavy atom. The van der Waals surface area contributed by atoms with E-state index in [1.54, 1.807) is 20.2 Å². The Morgan fingerprint density at radius 2 is 1.90 bits per heavy atom. The van der Waals surface area contributed by atoms with Crippen molar-refractivity contribution in [2.45, 2.75) is 33.2 Å². The van der Waals surface area contributed by atoms with E-state index in [0.717, 1.165) is 5.69 Å². The number of alkyl halides is 2. The van der Waals surface area contributed by atoms with Gasteiger partial charge in [-0.2, -0.15) is 18.4 Å². The van der Waals surface area contributed by atoms with Crippen LogP contribution in [0.5, 0.6) is 11.6 Å². The molecule has 3 aromatic rings. The van der Waals surface area contributed by atoms with E-state index in [1.165, 1.54) is 12.4 Å². The molecule has 0 aliphatic heterocycles. The van der Waals surface area contributed by atoms with Gasteiger partial charge in [-0.1, -0.05) is 19.1 Å². The Labute approximate surface area is 166 Å². The van der Waals surface area contributed by atoms with Gasteiger partial charge in [0.05, 0.1) is 31.7 Å². The first-order chi connectivity index (χ1) is 13.9. The highest BCUT2D eigenvalue weighted by atomic mass is 19.3. The fraction of sp³-hybridized carbons (Fsp3) is 0.421. The van der Waals surface area contributed by atoms with Crippen LogP contribution in [-0.4, -0.2) is 43.7 Å². The largest absolute Gasteiger partial charge is 0.495 e. The number of hydrogen-bond acceptors (Lipinski definition) is 7. The van der Waals surface area contributed by atoms with Crippen molar-refractivity contribution in [2.24, 2.45) is 5.92 Å². The lowest BCUT2D eigenvalue weighted by atomic mass is 9.93. The van der Waals surface area contributed by atoms with Crippen molar-refractivity contribution < 1.29 is 18.3 Å². The number of ether oxygens (including phenoxy) is 2. The molecule has 29 heavy (non-hydrogen) atoms. The molecule has 154 valence electrons. The highest BCUT2D eigenvalue weighted by molar-refractivity contribution is 5.63. The summed E-state index contributed by atoms with van der Waals surface area (Å²) in [5.74, 6) is 1.55. The van der Waals surface area contributed by atoms with Gasteiger partial charge in [-0.25, -0.2) is 4.98 Å². The van der Waals surface area contributed by atoms with E-state index in [4.69, 9.17) is 9.47 Å². The number of nitrogens with zero attached hydrogens (tertiary/aromatic N) is 6. The number of rotatable bonds is 8. The monoisotopic (exact) mass is 404 g/mol. The summed E-state index contributed by atoms with van der Waals surface area (Å²) in [5, 5.41) is 6.98. The Hall–Kier alpha value is -3.17. The van der Waals surface area contributed by atoms with Crippen molar-refractivity contribution in [3.63, 3.8) is 0 Å². The van der Waals surface area contributed by atoms with Gasteiger partial charge < -0.3 is 9.47 Å². The summed E-state index contributed by atoms with van der Waals surface area (Å²) in [6.07, 6.45) is 4.35. The number of halogens is 2. The minimum atomic E-state index is -2.83. The van der Waals surface area contributed by atoms with Crippen LogP contribution >= 0.6 is 0 Å². The quantitative estimate of drug-likeness (QED) is 0.566. The number of hydrogen-bond donors (Lipinski definition) is 0. The van der Waals surface area contributed by atoms with E-state index in [-0.39, 0.29) is 23.4 Å². The third kappa shape index (κ3) is 4.64. The van der Waals surface area contributed by atoms with Crippen LogP contribution in [0.15, 0.2) is 30.7 Å². The van der Waals surface area contributed by atoms with Crippen molar-refractivity contribution in [2.75, 3.05) is 13.7 Å². The SMILES string of the molecule is COc1ccc([C@@H](C)[C@H](C)COc2nc(C)ncc2-c2cnnn2C(F)F)nc1. The maximum atomic E-state index is 13.2. The molecule has 0 spiro atoms. The molecular formula is C19H22F2N6O2. The fourth-order valence-electron chi connectivity index (χ4n) is 2.74. The van der Waals surface area contributed by atoms with E-state index in [1.807, 2.05) is 26.0 Å². The normalized spacial score (nSPS) is 13.3. The Kier molecular flexibility index (Phi) is 6.30. The zero-order valence-corrected chi connectivity index (χ0v) is 16.6. The van der Waals surface area contributed by atoms with Crippen LogP contribution in [-0.2, 0) is 0 Å². The average Bonchev–Trinajstić information content (AvgIpc) is 3.21. The van der Waals surface area contributed by atoms with Crippen LogP contribution in [0.3, 0.4) is 0 Å². The van der Waals surface area contributed by atoms with Gasteiger partial charge in [0, 0.05) is 17.8 Å². The maximum absolute atomic E-state index is 13.2. The Bertz CT molecular complexity index is 948. The van der Waals surface area contributed by atoms with E-state index < -0.39 is 6.55 Å². The van der Waals surface area contributed by atoms with E-state index in [0.29, 0.717) is 28.4 Å². The molecule has 0 unspecified atom stereocenters. The van der Waals surface area contributed by atoms with Gasteiger partial charge in [0.2, 0.25) is 5.88 Å². The third-order valence-corrected chi connectivity index (χ3v) is 4.71. The van der Waals surface area contributed by atoms with E-state index in [9.17, 15) is 8.78 Å². The molecule has 0 saturated carbocycles. The second-order valence-corrected chi connectivity index (χ2v) is 6.68. The summed E-state index contributed by atoms with van der Waals surface area (Å²) in [4.78, 5) is 12.8. The molecule has 0 bridgehead atoms. The summed E-state index contributed by atoms with van der Waals surface area (Å²) in [5.41, 5.74) is 1.30. The number of methoxy groups -OCH3 is 1. The lowest BCUT2D eigenvalue weighted by Gasteiger charge is -2.20. The summed E-state index contributed by atoms with van der Waals surface area (Å²) in [7, 11) is 1.59. The molecule has 10 heteroatoms. The third-order valence-electron chi connectivity index (χ3n) is 4.71. The highest BCUT2D eigenvalue weighted by Gasteiger charge is 2.22. The van der Waals surface area contributed by atoms with Crippen molar-refractivity contribution in [3.05, 3.63) is 42.2 Å². The second kappa shape index (κ2) is 8.89. The van der Waals surface area contributed by atoms with Gasteiger partial charge >= 0.3 is 6.55 Å². The van der Waals surface area contributed by atoms with Gasteiger partial charge in [-0.15, -0.1) is 5.10 Å². The molecule has 2 atom stereocenters. The summed E-state index contributed by atoms with van der Waals surface area (Å²) in [6, 6.07) is 3.77. The molecule has 3 aromatic heterocycles. The van der Waals surface area contributed by atoms with Crippen LogP contribution in [0.2, 0.25) is 0 Å². The van der Waals surface area contributed by atoms with Crippen LogP contribution in [0.4, 0.5) is 8.78 Å². The molecule has 0 amide bonds. The van der Waals surface area contributed by atoms with Crippen molar-refractivity contribution in [1.29, 1.82) is 0 Å². The minimum Gasteiger partial charge on any atom is -0.495 e. The molecule has 0 aromatic carbocycles. The van der Waals surface area contributed by atoms with Crippen LogP contribution in [0, 0.1) is 12.8 Å². The first-order valence-corrected chi connectivity index (χ1v) is 9.05. The van der Waals surface area contributed by atoms with Crippen LogP contribution in [0.1, 0.15) is 37.8 Å². The Morgan fingerprint density at radius 1 is 1.10 bits per heavy atom. The van der Waals surface area contributed by atoms with Gasteiger partial charge in [0.15, 0.2) is 0 Å². The lowest BCUT2D eigenvalue weighted by molar-refractivity contribution is 0.0564. The predicted molar refractivity (Wildman–Crippen MR) is 101 cm³/mol. The molecule has 3 heterocycles. The van der Waals surface area contributed by atoms with Gasteiger partial charge in [0.25, 0.3) is 0 Å². The van der Waals surface area contributed by atoms with Gasteiger partial charge in [-0.05, 0) is 25.0 Å². The number of aromatic nitrogens is 6. The average molecular weight is 404 g/mol. The first-order valence-electron chi connectivity index (χ1n) is 9.05. The molecule has 0 N–H and O–H groups in total. The molecule has 3 rings (SSSR count). The summed E-state index contributed by atoms with van der Waals surface area (Å²) >= 11 is 0. The molecule has 0 aliphatic carbocycles. The standard InChI is InChI=1S/C19H22F2N6O2/c1-11(12(2)16-6-5-14(28-4)7-23-16)10-29-18-15(8-22-13(3)25-18)17-9-24-26-27(17)19(20)21/h5-9,11-12,19H,10H2,1-4H3/t11-,12+/m1/s1. The van der Waals surface area contributed by atoms with Gasteiger partial charge in [-0.3, -0.25) is 4.98 Å². The summed E-state index contributed by atoms with van der Waals surface area (Å²) in [6.45, 7) is 3.25. The highest BCUT2D eigenvalue weighted by Crippen LogP contribution is 2.31. The molecule has 0 fully saturated rings. The van der Waals surface area contributed by atoms with Crippen molar-refractivity contribution in [3.8, 4) is 22.9 Å². The van der Waals surface area contributed by atoms with E-state index in [2.05, 4.69) is 25.3 Å². The summed E-state index contributed by atoms with van der Waals surface area (Å²) < 4.78 is 37.9. The smallest absolute Gasteiger partial charge is 0.335 e. The molecule has 0 radical (unpaired) electrons. The van der Waals surface area contributed by atoms with Crippen LogP contribution < -0.4 is 9.47 Å². The maximum Gasteiger partial charge on any atom is 0.335 e. The first kappa shape index (κ1) is 20.6. The predicted octanol–water partition coefficient (Wildman–Crippen LogP) is 3.66. The van der Waals surface area contributed by atoms with Crippen LogP contribution in [0.25, 0.3) is 11.3 Å². The second-order valence-electron chi connectivity index (χ2n) is 6.68. The lowest BCUT2D eigenvalue weighted by Crippen LogP contribution is -2.17. The number of aryl methyl sites for hydroxylation is 1. The molecule has 8 nitrogen and oxygen atoms in total. The fourth-order valence-corrected chi connectivity index (χ4v) is 2.74. The molecule has 0 aliphatic rings. The zero-order valence-electron chi connectivity index (χ0n) is 16.6. The topological polar surface area (TPSA) is 87.8 Å². The zero-order chi connectivity index (χ0) is 21.0. The Balaban J connectivity index is 1.77. The van der Waals surface area contributed by atoms with E-state index >= 15 is 0 Å². The van der Waals surface area contributed by atoms with Gasteiger partial charge in [0.1, 0.15) is 17.3 Å². The van der Waals surface area contributed by atoms with Crippen molar-refractivity contribution in [1.82, 2.24) is 29.9 Å². The van der Waals surface area contributed by atoms with Crippen molar-refractivity contribution >= 4 is 0 Å². The minimum absolute atomic E-state index is 0.0807. The molecular weight excluding hydrogens is 382 g/mol. The number of pyridine rings is 1.